The molecule has 1 aliphatic carbocycles. The van der Waals surface area contributed by atoms with Gasteiger partial charge in [0.25, 0.3) is 0 Å². The number of fused-ring (bicyclic) bond motifs is 1. The van der Waals surface area contributed by atoms with Crippen LogP contribution in [0.1, 0.15) is 52.5 Å². The number of urea groups is 1. The van der Waals surface area contributed by atoms with Crippen LogP contribution in [-0.2, 0) is 9.47 Å². The summed E-state index contributed by atoms with van der Waals surface area (Å²) < 4.78 is 11.2. The first-order valence-electron chi connectivity index (χ1n) is 15.8. The Bertz CT molecular complexity index is 1370. The molecule has 1 aromatic carbocycles. The summed E-state index contributed by atoms with van der Waals surface area (Å²) in [5, 5.41) is 6.32. The Hall–Kier alpha value is -3.53. The van der Waals surface area contributed by atoms with Crippen LogP contribution >= 0.6 is 0 Å². The minimum Gasteiger partial charge on any atom is -0.444 e. The van der Waals surface area contributed by atoms with Crippen molar-refractivity contribution in [2.45, 2.75) is 65.0 Å². The quantitative estimate of drug-likeness (QED) is 0.474. The van der Waals surface area contributed by atoms with Crippen molar-refractivity contribution in [3.8, 4) is 11.1 Å². The molecule has 1 aromatic heterocycles. The van der Waals surface area contributed by atoms with Crippen LogP contribution < -0.4 is 20.4 Å². The molecule has 6 rings (SSSR count). The van der Waals surface area contributed by atoms with Crippen molar-refractivity contribution in [1.82, 2.24) is 15.2 Å². The summed E-state index contributed by atoms with van der Waals surface area (Å²) in [7, 11) is 0. The first kappa shape index (κ1) is 29.5. The number of aryl methyl sites for hydroxylation is 1. The summed E-state index contributed by atoms with van der Waals surface area (Å²) >= 11 is 0. The molecule has 3 amide bonds. The summed E-state index contributed by atoms with van der Waals surface area (Å²) in [6.07, 6.45) is 2.76. The Kier molecular flexibility index (Phi) is 7.91. The molecule has 0 bridgehead atoms. The number of nitrogens with zero attached hydrogens (tertiary/aromatic N) is 4. The first-order valence-corrected chi connectivity index (χ1v) is 15.8. The number of aromatic nitrogens is 1. The maximum atomic E-state index is 13.1. The van der Waals surface area contributed by atoms with Crippen molar-refractivity contribution < 1.29 is 19.1 Å². The average molecular weight is 591 g/mol. The zero-order valence-electron chi connectivity index (χ0n) is 26.2. The van der Waals surface area contributed by atoms with Gasteiger partial charge in [0.05, 0.1) is 18.8 Å². The zero-order chi connectivity index (χ0) is 30.4. The normalized spacial score (nSPS) is 25.0. The van der Waals surface area contributed by atoms with Crippen LogP contribution in [0.4, 0.5) is 26.9 Å². The van der Waals surface area contributed by atoms with Crippen LogP contribution in [0.5, 0.6) is 0 Å². The molecule has 0 radical (unpaired) electrons. The van der Waals surface area contributed by atoms with Crippen molar-refractivity contribution in [3.05, 3.63) is 35.9 Å². The molecular weight excluding hydrogens is 544 g/mol. The fourth-order valence-corrected chi connectivity index (χ4v) is 6.70. The molecular formula is C33H46N6O4. The second-order valence-corrected chi connectivity index (χ2v) is 13.7. The molecule has 4 heterocycles. The van der Waals surface area contributed by atoms with Gasteiger partial charge in [-0.1, -0.05) is 19.4 Å². The molecule has 3 aliphatic heterocycles. The predicted octanol–water partition coefficient (Wildman–Crippen LogP) is 5.26. The van der Waals surface area contributed by atoms with E-state index in [0.717, 1.165) is 86.0 Å². The van der Waals surface area contributed by atoms with E-state index < -0.39 is 5.60 Å². The monoisotopic (exact) mass is 590 g/mol. The molecule has 2 aromatic rings. The Morgan fingerprint density at radius 2 is 1.81 bits per heavy atom. The number of amides is 3. The summed E-state index contributed by atoms with van der Waals surface area (Å²) in [4.78, 5) is 37.3. The molecule has 2 unspecified atom stereocenters. The zero-order valence-corrected chi connectivity index (χ0v) is 26.2. The number of piperidine rings is 1. The van der Waals surface area contributed by atoms with Crippen LogP contribution in [0.3, 0.4) is 0 Å². The number of nitrogens with one attached hydrogen (secondary N) is 2. The fraction of sp³-hybridized carbons (Fsp3) is 0.606. The van der Waals surface area contributed by atoms with Gasteiger partial charge in [0.2, 0.25) is 0 Å². The third-order valence-corrected chi connectivity index (χ3v) is 9.30. The third-order valence-electron chi connectivity index (χ3n) is 9.30. The Morgan fingerprint density at radius 1 is 1.07 bits per heavy atom. The van der Waals surface area contributed by atoms with Gasteiger partial charge in [-0.15, -0.1) is 0 Å². The maximum Gasteiger partial charge on any atom is 0.408 e. The minimum atomic E-state index is -0.537. The number of rotatable bonds is 6. The van der Waals surface area contributed by atoms with Gasteiger partial charge in [-0.2, -0.15) is 0 Å². The van der Waals surface area contributed by atoms with E-state index >= 15 is 0 Å². The average Bonchev–Trinajstić information content (AvgIpc) is 3.28. The van der Waals surface area contributed by atoms with Gasteiger partial charge >= 0.3 is 12.1 Å². The Labute approximate surface area is 255 Å². The van der Waals surface area contributed by atoms with E-state index in [0.29, 0.717) is 31.6 Å². The van der Waals surface area contributed by atoms with Crippen molar-refractivity contribution in [2.24, 2.45) is 11.8 Å². The van der Waals surface area contributed by atoms with E-state index in [1.807, 2.05) is 31.7 Å². The van der Waals surface area contributed by atoms with E-state index in [2.05, 4.69) is 58.5 Å². The lowest BCUT2D eigenvalue weighted by Gasteiger charge is -2.30. The van der Waals surface area contributed by atoms with Crippen LogP contribution in [-0.4, -0.2) is 85.6 Å². The maximum absolute atomic E-state index is 13.1. The highest BCUT2D eigenvalue weighted by molar-refractivity contribution is 5.91. The first-order chi connectivity index (χ1) is 20.5. The number of hydrogen-bond acceptors (Lipinski definition) is 7. The van der Waals surface area contributed by atoms with Gasteiger partial charge in [0.1, 0.15) is 17.2 Å². The summed E-state index contributed by atoms with van der Waals surface area (Å²) in [5.74, 6) is 2.77. The molecule has 4 fully saturated rings. The van der Waals surface area contributed by atoms with Crippen LogP contribution in [0.15, 0.2) is 30.3 Å². The third kappa shape index (κ3) is 6.54. The van der Waals surface area contributed by atoms with Gasteiger partial charge < -0.3 is 34.8 Å². The van der Waals surface area contributed by atoms with Crippen LogP contribution in [0, 0.1) is 18.8 Å². The Morgan fingerprint density at radius 3 is 2.51 bits per heavy atom. The van der Waals surface area contributed by atoms with Crippen molar-refractivity contribution in [2.75, 3.05) is 67.6 Å². The number of likely N-dealkylation sites (tertiary alicyclic amines) is 1. The van der Waals surface area contributed by atoms with Gasteiger partial charge in [0, 0.05) is 50.9 Å². The fourth-order valence-electron chi connectivity index (χ4n) is 6.70. The van der Waals surface area contributed by atoms with E-state index in [1.54, 1.807) is 0 Å². The molecule has 10 heteroatoms. The number of benzene rings is 1. The van der Waals surface area contributed by atoms with E-state index in [9.17, 15) is 9.59 Å². The number of anilines is 3. The molecule has 232 valence electrons. The smallest absolute Gasteiger partial charge is 0.408 e. The van der Waals surface area contributed by atoms with Crippen molar-refractivity contribution in [3.63, 3.8) is 0 Å². The van der Waals surface area contributed by atoms with Gasteiger partial charge in [-0.05, 0) is 87.4 Å². The number of alkyl carbamates (subject to hydrolysis) is 1. The van der Waals surface area contributed by atoms with Crippen molar-refractivity contribution >= 4 is 29.4 Å². The lowest BCUT2D eigenvalue weighted by atomic mass is 10.00. The van der Waals surface area contributed by atoms with Crippen molar-refractivity contribution in [1.29, 1.82) is 0 Å². The summed E-state index contributed by atoms with van der Waals surface area (Å²) in [6.45, 7) is 16.0. The molecule has 0 spiro atoms. The molecule has 2 N–H and O–H groups in total. The topological polar surface area (TPSA) is 99.3 Å². The van der Waals surface area contributed by atoms with Gasteiger partial charge in [-0.25, -0.2) is 14.6 Å². The summed E-state index contributed by atoms with van der Waals surface area (Å²) in [5.41, 5.74) is 3.23. The lowest BCUT2D eigenvalue weighted by molar-refractivity contribution is 0.0498. The number of pyridine rings is 1. The Balaban J connectivity index is 1.26. The van der Waals surface area contributed by atoms with E-state index in [1.165, 1.54) is 0 Å². The van der Waals surface area contributed by atoms with E-state index in [-0.39, 0.29) is 17.7 Å². The second-order valence-electron chi connectivity index (χ2n) is 13.7. The van der Waals surface area contributed by atoms with Crippen LogP contribution in [0.2, 0.25) is 0 Å². The molecule has 4 aliphatic rings. The minimum absolute atomic E-state index is 0.0331. The number of carbonyl (C=O) groups excluding carboxylic acids is 2. The highest BCUT2D eigenvalue weighted by Gasteiger charge is 2.61. The van der Waals surface area contributed by atoms with Crippen LogP contribution in [0.25, 0.3) is 11.1 Å². The highest BCUT2D eigenvalue weighted by atomic mass is 16.6. The molecule has 43 heavy (non-hydrogen) atoms. The second kappa shape index (κ2) is 11.5. The molecule has 3 atom stereocenters. The van der Waals surface area contributed by atoms with Gasteiger partial charge in [-0.3, -0.25) is 0 Å². The van der Waals surface area contributed by atoms with E-state index in [4.69, 9.17) is 14.5 Å². The molecule has 3 saturated heterocycles. The largest absolute Gasteiger partial charge is 0.444 e. The number of morpholine rings is 1. The lowest BCUT2D eigenvalue weighted by Crippen LogP contribution is -2.44. The number of ether oxygens (including phenoxy) is 2. The molecule has 10 nitrogen and oxygen atoms in total. The predicted molar refractivity (Wildman–Crippen MR) is 169 cm³/mol. The number of hydrogen-bond donors (Lipinski definition) is 2. The SMILES string of the molecule is CC[C@@H]1CCN(C(=O)Nc2ccc(C)c(-c3cc(N4CCOCC4)nc(N4CC5CC5(NC(=O)OC(C)(C)C)C4)c3)c2)C1. The van der Waals surface area contributed by atoms with Gasteiger partial charge in [0.15, 0.2) is 0 Å². The number of carbonyl (C=O) groups is 2. The highest BCUT2D eigenvalue weighted by Crippen LogP contribution is 2.51. The molecule has 1 saturated carbocycles. The standard InChI is InChI=1S/C33H46N6O4/c1-6-23-9-10-38(19-23)30(40)34-26-8-7-22(2)27(17-26)24-15-28(37-11-13-42-14-12-37)35-29(16-24)39-20-25-18-33(25,21-39)36-31(41)43-32(3,4)5/h7-8,15-17,23,25H,6,9-14,18-21H2,1-5H3,(H,34,40)(H,36,41)/t23-,25?,33?/m1/s1. The summed E-state index contributed by atoms with van der Waals surface area (Å²) in [6, 6.07) is 10.4.